The number of hydrogen-bond donors (Lipinski definition) is 2. The molecule has 3 aromatic rings. The SMILES string of the molecule is Cc1ccc(NC(=O)Nc2nnc(SCC(=O)c3ccccc3)s2)cc1C. The number of aromatic nitrogens is 2. The number of nitrogens with one attached hydrogen (secondary N) is 2. The fourth-order valence-corrected chi connectivity index (χ4v) is 3.87. The van der Waals surface area contributed by atoms with E-state index in [1.54, 1.807) is 12.1 Å². The quantitative estimate of drug-likeness (QED) is 0.355. The number of hydrogen-bond acceptors (Lipinski definition) is 6. The van der Waals surface area contributed by atoms with Crippen molar-refractivity contribution in [3.63, 3.8) is 0 Å². The zero-order valence-corrected chi connectivity index (χ0v) is 16.5. The Morgan fingerprint density at radius 3 is 2.52 bits per heavy atom. The van der Waals surface area contributed by atoms with Crippen LogP contribution in [0.2, 0.25) is 0 Å². The lowest BCUT2D eigenvalue weighted by Gasteiger charge is -2.07. The van der Waals surface area contributed by atoms with Crippen LogP contribution >= 0.6 is 23.1 Å². The molecule has 0 radical (unpaired) electrons. The van der Waals surface area contributed by atoms with Crippen LogP contribution in [-0.4, -0.2) is 27.8 Å². The summed E-state index contributed by atoms with van der Waals surface area (Å²) in [5.74, 6) is 0.297. The van der Waals surface area contributed by atoms with Gasteiger partial charge in [0, 0.05) is 11.3 Å². The second kappa shape index (κ2) is 8.79. The molecule has 2 N–H and O–H groups in total. The molecule has 0 aliphatic heterocycles. The first-order chi connectivity index (χ1) is 13.0. The molecule has 8 heteroatoms. The molecule has 0 aliphatic carbocycles. The van der Waals surface area contributed by atoms with Crippen molar-refractivity contribution in [1.82, 2.24) is 10.2 Å². The lowest BCUT2D eigenvalue weighted by molar-refractivity contribution is 0.102. The molecule has 138 valence electrons. The number of ketones is 1. The van der Waals surface area contributed by atoms with Gasteiger partial charge in [0.05, 0.1) is 5.75 Å². The number of carbonyl (C=O) groups is 2. The average molecular weight is 399 g/mol. The normalized spacial score (nSPS) is 10.4. The van der Waals surface area contributed by atoms with E-state index in [1.165, 1.54) is 23.1 Å². The van der Waals surface area contributed by atoms with E-state index >= 15 is 0 Å². The maximum Gasteiger partial charge on any atom is 0.325 e. The van der Waals surface area contributed by atoms with Crippen molar-refractivity contribution in [2.45, 2.75) is 18.2 Å². The van der Waals surface area contributed by atoms with Gasteiger partial charge in [0.15, 0.2) is 10.1 Å². The van der Waals surface area contributed by atoms with E-state index in [1.807, 2.05) is 50.2 Å². The summed E-state index contributed by atoms with van der Waals surface area (Å²) in [5.41, 5.74) is 3.64. The highest BCUT2D eigenvalue weighted by Crippen LogP contribution is 2.26. The van der Waals surface area contributed by atoms with Gasteiger partial charge in [-0.1, -0.05) is 59.5 Å². The highest BCUT2D eigenvalue weighted by Gasteiger charge is 2.12. The summed E-state index contributed by atoms with van der Waals surface area (Å²) in [6.45, 7) is 4.01. The van der Waals surface area contributed by atoms with Crippen LogP contribution in [0.5, 0.6) is 0 Å². The van der Waals surface area contributed by atoms with Gasteiger partial charge in [-0.05, 0) is 37.1 Å². The lowest BCUT2D eigenvalue weighted by atomic mass is 10.1. The lowest BCUT2D eigenvalue weighted by Crippen LogP contribution is -2.19. The molecule has 0 saturated heterocycles. The highest BCUT2D eigenvalue weighted by molar-refractivity contribution is 8.01. The number of benzene rings is 2. The van der Waals surface area contributed by atoms with Gasteiger partial charge < -0.3 is 5.32 Å². The van der Waals surface area contributed by atoms with Crippen LogP contribution in [0.3, 0.4) is 0 Å². The number of amides is 2. The fourth-order valence-electron chi connectivity index (χ4n) is 2.23. The van der Waals surface area contributed by atoms with Crippen molar-refractivity contribution in [2.24, 2.45) is 0 Å². The summed E-state index contributed by atoms with van der Waals surface area (Å²) in [6, 6.07) is 14.4. The number of aryl methyl sites for hydroxylation is 2. The van der Waals surface area contributed by atoms with E-state index in [0.717, 1.165) is 11.1 Å². The monoisotopic (exact) mass is 398 g/mol. The largest absolute Gasteiger partial charge is 0.325 e. The Balaban J connectivity index is 1.52. The third-order valence-electron chi connectivity index (χ3n) is 3.81. The summed E-state index contributed by atoms with van der Waals surface area (Å²) in [4.78, 5) is 24.2. The van der Waals surface area contributed by atoms with Gasteiger partial charge >= 0.3 is 6.03 Å². The Labute approximate surface area is 165 Å². The molecule has 0 saturated carbocycles. The van der Waals surface area contributed by atoms with Gasteiger partial charge in [-0.2, -0.15) is 0 Å². The maximum absolute atomic E-state index is 12.1. The Bertz CT molecular complexity index is 957. The first-order valence-corrected chi connectivity index (χ1v) is 10.0. The first-order valence-electron chi connectivity index (χ1n) is 8.21. The second-order valence-electron chi connectivity index (χ2n) is 5.83. The number of rotatable bonds is 6. The molecule has 1 aromatic heterocycles. The summed E-state index contributed by atoms with van der Waals surface area (Å²) < 4.78 is 0.626. The van der Waals surface area contributed by atoms with E-state index in [4.69, 9.17) is 0 Å². The van der Waals surface area contributed by atoms with Crippen molar-refractivity contribution in [2.75, 3.05) is 16.4 Å². The van der Waals surface area contributed by atoms with Crippen LogP contribution in [0.25, 0.3) is 0 Å². The molecule has 0 atom stereocenters. The molecule has 3 rings (SSSR count). The Kier molecular flexibility index (Phi) is 6.20. The average Bonchev–Trinajstić information content (AvgIpc) is 3.10. The van der Waals surface area contributed by atoms with Crippen molar-refractivity contribution in [1.29, 1.82) is 0 Å². The van der Waals surface area contributed by atoms with E-state index in [0.29, 0.717) is 20.7 Å². The maximum atomic E-state index is 12.1. The molecule has 2 aromatic carbocycles. The molecular weight excluding hydrogens is 380 g/mol. The zero-order chi connectivity index (χ0) is 19.2. The molecule has 0 aliphatic rings. The molecule has 1 heterocycles. The number of carbonyl (C=O) groups excluding carboxylic acids is 2. The predicted molar refractivity (Wildman–Crippen MR) is 110 cm³/mol. The number of Topliss-reactive ketones (excluding diaryl/α,β-unsaturated/α-hetero) is 1. The summed E-state index contributed by atoms with van der Waals surface area (Å²) >= 11 is 2.53. The fraction of sp³-hybridized carbons (Fsp3) is 0.158. The predicted octanol–water partition coefficient (Wildman–Crippen LogP) is 4.77. The topological polar surface area (TPSA) is 84.0 Å². The van der Waals surface area contributed by atoms with Crippen LogP contribution in [0, 0.1) is 13.8 Å². The standard InChI is InChI=1S/C19H18N4O2S2/c1-12-8-9-15(10-13(12)2)20-17(25)21-18-22-23-19(27-18)26-11-16(24)14-6-4-3-5-7-14/h3-10H,11H2,1-2H3,(H2,20,21,22,25). The third kappa shape index (κ3) is 5.38. The minimum absolute atomic E-state index is 0.0257. The van der Waals surface area contributed by atoms with Crippen LogP contribution in [0.15, 0.2) is 52.9 Å². The Hall–Kier alpha value is -2.71. The number of anilines is 2. The van der Waals surface area contributed by atoms with E-state index in [9.17, 15) is 9.59 Å². The number of urea groups is 1. The van der Waals surface area contributed by atoms with E-state index in [2.05, 4.69) is 20.8 Å². The summed E-state index contributed by atoms with van der Waals surface area (Å²) in [7, 11) is 0. The minimum Gasteiger partial charge on any atom is -0.308 e. The molecule has 2 amide bonds. The molecule has 27 heavy (non-hydrogen) atoms. The van der Waals surface area contributed by atoms with Gasteiger partial charge in [0.1, 0.15) is 0 Å². The van der Waals surface area contributed by atoms with E-state index < -0.39 is 0 Å². The third-order valence-corrected chi connectivity index (χ3v) is 5.79. The van der Waals surface area contributed by atoms with Gasteiger partial charge in [-0.25, -0.2) is 4.79 Å². The molecule has 0 bridgehead atoms. The Morgan fingerprint density at radius 1 is 1.00 bits per heavy atom. The van der Waals surface area contributed by atoms with Crippen molar-refractivity contribution in [3.05, 3.63) is 65.2 Å². The van der Waals surface area contributed by atoms with Crippen LogP contribution < -0.4 is 10.6 Å². The van der Waals surface area contributed by atoms with Crippen LogP contribution in [0.1, 0.15) is 21.5 Å². The summed E-state index contributed by atoms with van der Waals surface area (Å²) in [6.07, 6.45) is 0. The zero-order valence-electron chi connectivity index (χ0n) is 14.9. The Morgan fingerprint density at radius 2 is 1.78 bits per heavy atom. The number of nitrogens with zero attached hydrogens (tertiary/aromatic N) is 2. The molecular formula is C19H18N4O2S2. The van der Waals surface area contributed by atoms with Crippen molar-refractivity contribution >= 4 is 45.7 Å². The molecule has 0 fully saturated rings. The van der Waals surface area contributed by atoms with Gasteiger partial charge in [-0.15, -0.1) is 10.2 Å². The van der Waals surface area contributed by atoms with Crippen LogP contribution in [0.4, 0.5) is 15.6 Å². The smallest absolute Gasteiger partial charge is 0.308 e. The minimum atomic E-state index is -0.383. The van der Waals surface area contributed by atoms with Gasteiger partial charge in [0.2, 0.25) is 5.13 Å². The summed E-state index contributed by atoms with van der Waals surface area (Å²) in [5, 5.41) is 13.8. The van der Waals surface area contributed by atoms with Crippen molar-refractivity contribution < 1.29 is 9.59 Å². The van der Waals surface area contributed by atoms with Gasteiger partial charge in [-0.3, -0.25) is 10.1 Å². The van der Waals surface area contributed by atoms with Crippen molar-refractivity contribution in [3.8, 4) is 0 Å². The van der Waals surface area contributed by atoms with Gasteiger partial charge in [0.25, 0.3) is 0 Å². The molecule has 0 spiro atoms. The number of thioether (sulfide) groups is 1. The first kappa shape index (κ1) is 19.1. The highest BCUT2D eigenvalue weighted by atomic mass is 32.2. The van der Waals surface area contributed by atoms with E-state index in [-0.39, 0.29) is 17.6 Å². The second-order valence-corrected chi connectivity index (χ2v) is 8.03. The molecule has 6 nitrogen and oxygen atoms in total. The molecule has 0 unspecified atom stereocenters. The van der Waals surface area contributed by atoms with Crippen LogP contribution in [-0.2, 0) is 0 Å².